The number of piperidine rings is 1. The highest BCUT2D eigenvalue weighted by Gasteiger charge is 2.34. The van der Waals surface area contributed by atoms with Crippen molar-refractivity contribution in [2.45, 2.75) is 25.4 Å². The normalized spacial score (nSPS) is 21.3. The lowest BCUT2D eigenvalue weighted by Gasteiger charge is -2.42. The van der Waals surface area contributed by atoms with Crippen LogP contribution in [0, 0.1) is 5.92 Å². The number of benzene rings is 1. The molecule has 0 spiro atoms. The van der Waals surface area contributed by atoms with E-state index in [-0.39, 0.29) is 5.56 Å². The third kappa shape index (κ3) is 3.14. The molecule has 0 radical (unpaired) electrons. The first kappa shape index (κ1) is 17.3. The Kier molecular flexibility index (Phi) is 4.28. The van der Waals surface area contributed by atoms with Gasteiger partial charge in [-0.15, -0.1) is 0 Å². The fourth-order valence-electron chi connectivity index (χ4n) is 4.63. The molecule has 0 amide bonds. The van der Waals surface area contributed by atoms with Crippen molar-refractivity contribution in [1.29, 1.82) is 0 Å². The molecule has 144 valence electrons. The molecule has 6 nitrogen and oxygen atoms in total. The molecule has 1 aromatic carbocycles. The van der Waals surface area contributed by atoms with Crippen molar-refractivity contribution in [3.63, 3.8) is 0 Å². The van der Waals surface area contributed by atoms with E-state index in [1.807, 2.05) is 41.0 Å². The van der Waals surface area contributed by atoms with Gasteiger partial charge in [-0.25, -0.2) is 0 Å². The molecular formula is C22H23N3O3. The van der Waals surface area contributed by atoms with Crippen LogP contribution in [0.2, 0.25) is 0 Å². The van der Waals surface area contributed by atoms with Gasteiger partial charge in [0.1, 0.15) is 11.4 Å². The Labute approximate surface area is 163 Å². The van der Waals surface area contributed by atoms with E-state index in [0.717, 1.165) is 55.4 Å². The number of methoxy groups -OCH3 is 1. The molecule has 5 rings (SSSR count). The average molecular weight is 377 g/mol. The molecule has 1 fully saturated rings. The second kappa shape index (κ2) is 6.95. The highest BCUT2D eigenvalue weighted by atomic mass is 16.5. The fourth-order valence-corrected chi connectivity index (χ4v) is 4.63. The van der Waals surface area contributed by atoms with Crippen LogP contribution in [0.5, 0.6) is 5.75 Å². The first-order valence-electron chi connectivity index (χ1n) is 9.72. The Balaban J connectivity index is 1.31. The van der Waals surface area contributed by atoms with Crippen LogP contribution in [-0.2, 0) is 13.1 Å². The molecule has 0 unspecified atom stereocenters. The Bertz CT molecular complexity index is 1040. The van der Waals surface area contributed by atoms with Crippen molar-refractivity contribution < 1.29 is 9.26 Å². The van der Waals surface area contributed by atoms with Crippen molar-refractivity contribution in [3.05, 3.63) is 70.3 Å². The Morgan fingerprint density at radius 3 is 2.82 bits per heavy atom. The van der Waals surface area contributed by atoms with E-state index >= 15 is 0 Å². The third-order valence-electron chi connectivity index (χ3n) is 5.88. The quantitative estimate of drug-likeness (QED) is 0.699. The number of pyridine rings is 1. The summed E-state index contributed by atoms with van der Waals surface area (Å²) in [5.74, 6) is 2.61. The molecule has 1 saturated heterocycles. The molecule has 2 bridgehead atoms. The van der Waals surface area contributed by atoms with Crippen LogP contribution in [-0.4, -0.2) is 34.8 Å². The van der Waals surface area contributed by atoms with Crippen LogP contribution in [0.3, 0.4) is 0 Å². The smallest absolute Gasteiger partial charge is 0.250 e. The number of likely N-dealkylation sites (tertiary alicyclic amines) is 1. The van der Waals surface area contributed by atoms with Crippen molar-refractivity contribution in [2.24, 2.45) is 5.92 Å². The van der Waals surface area contributed by atoms with E-state index in [0.29, 0.717) is 11.8 Å². The molecule has 2 atom stereocenters. The first-order valence-corrected chi connectivity index (χ1v) is 9.72. The van der Waals surface area contributed by atoms with Gasteiger partial charge in [0.25, 0.3) is 5.56 Å². The minimum Gasteiger partial charge on any atom is -0.497 e. The summed E-state index contributed by atoms with van der Waals surface area (Å²) in [4.78, 5) is 14.6. The Hall–Kier alpha value is -2.86. The van der Waals surface area contributed by atoms with Crippen molar-refractivity contribution in [3.8, 4) is 17.0 Å². The predicted octanol–water partition coefficient (Wildman–Crippen LogP) is 3.13. The zero-order valence-corrected chi connectivity index (χ0v) is 15.9. The number of nitrogens with zero attached hydrogens (tertiary/aromatic N) is 3. The summed E-state index contributed by atoms with van der Waals surface area (Å²) >= 11 is 0. The minimum absolute atomic E-state index is 0.125. The first-order chi connectivity index (χ1) is 13.7. The highest BCUT2D eigenvalue weighted by Crippen LogP contribution is 2.35. The molecule has 0 N–H and O–H groups in total. The second-order valence-corrected chi connectivity index (χ2v) is 7.80. The van der Waals surface area contributed by atoms with Crippen molar-refractivity contribution >= 4 is 0 Å². The van der Waals surface area contributed by atoms with Crippen molar-refractivity contribution in [1.82, 2.24) is 14.6 Å². The number of hydrogen-bond acceptors (Lipinski definition) is 5. The van der Waals surface area contributed by atoms with Gasteiger partial charge in [0.15, 0.2) is 5.76 Å². The largest absolute Gasteiger partial charge is 0.497 e. The SMILES string of the molecule is COc1ccc(-c2cc(CN3C[C@@H]4C[C@H](C3)c3cccc(=O)n3C4)on2)cc1. The summed E-state index contributed by atoms with van der Waals surface area (Å²) in [6.45, 7) is 3.48. The second-order valence-electron chi connectivity index (χ2n) is 7.80. The lowest BCUT2D eigenvalue weighted by Crippen LogP contribution is -2.46. The van der Waals surface area contributed by atoms with Gasteiger partial charge >= 0.3 is 0 Å². The summed E-state index contributed by atoms with van der Waals surface area (Å²) < 4.78 is 12.8. The maximum atomic E-state index is 12.2. The molecule has 3 aromatic rings. The Morgan fingerprint density at radius 1 is 1.14 bits per heavy atom. The van der Waals surface area contributed by atoms with Crippen LogP contribution < -0.4 is 10.3 Å². The Morgan fingerprint density at radius 2 is 2.00 bits per heavy atom. The predicted molar refractivity (Wildman–Crippen MR) is 105 cm³/mol. The van der Waals surface area contributed by atoms with Crippen LogP contribution in [0.15, 0.2) is 57.8 Å². The summed E-state index contributed by atoms with van der Waals surface area (Å²) in [6, 6.07) is 15.5. The molecule has 2 aliphatic rings. The number of aromatic nitrogens is 2. The summed E-state index contributed by atoms with van der Waals surface area (Å²) in [5.41, 5.74) is 3.15. The standard InChI is InChI=1S/C22H23N3O3/c1-27-18-7-5-16(6-8-18)20-10-19(28-23-20)14-24-11-15-9-17(13-24)21-3-2-4-22(26)25(21)12-15/h2-8,10,15,17H,9,11-14H2,1H3/t15-,17+/m0/s1. The van der Waals surface area contributed by atoms with E-state index in [9.17, 15) is 4.79 Å². The van der Waals surface area contributed by atoms with Gasteiger partial charge < -0.3 is 13.8 Å². The maximum Gasteiger partial charge on any atom is 0.250 e. The summed E-state index contributed by atoms with van der Waals surface area (Å²) in [5, 5.41) is 4.24. The molecule has 2 aromatic heterocycles. The molecule has 0 aliphatic carbocycles. The lowest BCUT2D eigenvalue weighted by molar-refractivity contribution is 0.105. The van der Waals surface area contributed by atoms with E-state index < -0.39 is 0 Å². The van der Waals surface area contributed by atoms with E-state index in [1.54, 1.807) is 13.2 Å². The van der Waals surface area contributed by atoms with Crippen LogP contribution in [0.1, 0.15) is 23.8 Å². The summed E-state index contributed by atoms with van der Waals surface area (Å²) in [6.07, 6.45) is 1.16. The van der Waals surface area contributed by atoms with Gasteiger partial charge in [0.2, 0.25) is 0 Å². The molecule has 2 aliphatic heterocycles. The molecule has 6 heteroatoms. The van der Waals surface area contributed by atoms with Crippen molar-refractivity contribution in [2.75, 3.05) is 20.2 Å². The van der Waals surface area contributed by atoms with Crippen LogP contribution in [0.4, 0.5) is 0 Å². The van der Waals surface area contributed by atoms with Gasteiger partial charge in [0, 0.05) is 48.9 Å². The number of ether oxygens (including phenoxy) is 1. The minimum atomic E-state index is 0.125. The molecular weight excluding hydrogens is 354 g/mol. The average Bonchev–Trinajstić information content (AvgIpc) is 3.17. The zero-order valence-electron chi connectivity index (χ0n) is 15.9. The molecule has 28 heavy (non-hydrogen) atoms. The van der Waals surface area contributed by atoms with E-state index in [2.05, 4.69) is 16.1 Å². The third-order valence-corrected chi connectivity index (χ3v) is 5.88. The maximum absolute atomic E-state index is 12.2. The van der Waals surface area contributed by atoms with E-state index in [1.165, 1.54) is 5.69 Å². The topological polar surface area (TPSA) is 60.5 Å². The summed E-state index contributed by atoms with van der Waals surface area (Å²) in [7, 11) is 1.66. The zero-order chi connectivity index (χ0) is 19.1. The monoisotopic (exact) mass is 377 g/mol. The van der Waals surface area contributed by atoms with E-state index in [4.69, 9.17) is 9.26 Å². The van der Waals surface area contributed by atoms with Gasteiger partial charge in [0.05, 0.1) is 13.7 Å². The fraction of sp³-hybridized carbons (Fsp3) is 0.364. The van der Waals surface area contributed by atoms with Gasteiger partial charge in [-0.3, -0.25) is 9.69 Å². The van der Waals surface area contributed by atoms with Crippen LogP contribution in [0.25, 0.3) is 11.3 Å². The highest BCUT2D eigenvalue weighted by molar-refractivity contribution is 5.59. The van der Waals surface area contributed by atoms with Gasteiger partial charge in [-0.2, -0.15) is 0 Å². The van der Waals surface area contributed by atoms with Gasteiger partial charge in [-0.1, -0.05) is 11.2 Å². The molecule has 4 heterocycles. The number of fused-ring (bicyclic) bond motifs is 4. The number of rotatable bonds is 4. The van der Waals surface area contributed by atoms with Gasteiger partial charge in [-0.05, 0) is 42.7 Å². The van der Waals surface area contributed by atoms with Crippen LogP contribution >= 0.6 is 0 Å². The number of hydrogen-bond donors (Lipinski definition) is 0. The lowest BCUT2D eigenvalue weighted by atomic mass is 9.83. The molecule has 0 saturated carbocycles.